The summed E-state index contributed by atoms with van der Waals surface area (Å²) in [7, 11) is 4.15. The fourth-order valence-electron chi connectivity index (χ4n) is 2.51. The van der Waals surface area contributed by atoms with Crippen molar-refractivity contribution in [1.82, 2.24) is 0 Å². The van der Waals surface area contributed by atoms with Crippen molar-refractivity contribution in [2.45, 2.75) is 25.7 Å². The highest BCUT2D eigenvalue weighted by Crippen LogP contribution is 2.35. The molecule has 0 amide bonds. The molecule has 0 aliphatic heterocycles. The summed E-state index contributed by atoms with van der Waals surface area (Å²) in [5, 5.41) is 0. The molecule has 0 fully saturated rings. The standard InChI is InChI=1S/C18H23N/c1-5-18(2,15-9-7-6-8-10-15)16-11-13-17(14-12-16)19(3)4/h6-14H,5H2,1-4H3/t18-/m0/s1. The van der Waals surface area contributed by atoms with E-state index in [9.17, 15) is 0 Å². The van der Waals surface area contributed by atoms with Gasteiger partial charge in [0.2, 0.25) is 0 Å². The number of rotatable bonds is 4. The van der Waals surface area contributed by atoms with E-state index in [0.29, 0.717) is 0 Å². The first-order valence-corrected chi connectivity index (χ1v) is 6.91. The van der Waals surface area contributed by atoms with E-state index in [2.05, 4.69) is 87.4 Å². The molecule has 0 heterocycles. The summed E-state index contributed by atoms with van der Waals surface area (Å²) in [5.41, 5.74) is 4.10. The Hall–Kier alpha value is -1.76. The van der Waals surface area contributed by atoms with Crippen LogP contribution < -0.4 is 4.90 Å². The Kier molecular flexibility index (Phi) is 3.94. The molecule has 0 aliphatic carbocycles. The van der Waals surface area contributed by atoms with Gasteiger partial charge in [-0.2, -0.15) is 0 Å². The molecule has 1 atom stereocenters. The third-order valence-electron chi connectivity index (χ3n) is 4.14. The second kappa shape index (κ2) is 5.48. The van der Waals surface area contributed by atoms with Gasteiger partial charge in [0.1, 0.15) is 0 Å². The van der Waals surface area contributed by atoms with Crippen LogP contribution in [0.1, 0.15) is 31.4 Å². The van der Waals surface area contributed by atoms with Gasteiger partial charge in [0, 0.05) is 25.2 Å². The van der Waals surface area contributed by atoms with Crippen LogP contribution in [0.25, 0.3) is 0 Å². The Morgan fingerprint density at radius 3 is 1.84 bits per heavy atom. The zero-order valence-electron chi connectivity index (χ0n) is 12.4. The van der Waals surface area contributed by atoms with Crippen LogP contribution in [0.3, 0.4) is 0 Å². The molecular formula is C18H23N. The number of benzene rings is 2. The molecule has 0 saturated carbocycles. The van der Waals surface area contributed by atoms with E-state index in [1.165, 1.54) is 16.8 Å². The molecule has 2 aromatic carbocycles. The topological polar surface area (TPSA) is 3.24 Å². The van der Waals surface area contributed by atoms with Gasteiger partial charge in [-0.3, -0.25) is 0 Å². The maximum absolute atomic E-state index is 2.33. The molecule has 0 unspecified atom stereocenters. The molecule has 1 heteroatoms. The van der Waals surface area contributed by atoms with Crippen molar-refractivity contribution in [3.8, 4) is 0 Å². The lowest BCUT2D eigenvalue weighted by atomic mass is 9.74. The maximum atomic E-state index is 2.33. The third kappa shape index (κ3) is 2.65. The molecule has 0 aliphatic rings. The lowest BCUT2D eigenvalue weighted by Gasteiger charge is -2.30. The van der Waals surface area contributed by atoms with Crippen molar-refractivity contribution in [3.63, 3.8) is 0 Å². The van der Waals surface area contributed by atoms with Crippen molar-refractivity contribution in [2.24, 2.45) is 0 Å². The highest BCUT2D eigenvalue weighted by Gasteiger charge is 2.26. The predicted molar refractivity (Wildman–Crippen MR) is 84.0 cm³/mol. The number of hydrogen-bond donors (Lipinski definition) is 0. The van der Waals surface area contributed by atoms with Gasteiger partial charge in [0.15, 0.2) is 0 Å². The minimum Gasteiger partial charge on any atom is -0.378 e. The second-order valence-electron chi connectivity index (χ2n) is 5.49. The van der Waals surface area contributed by atoms with Gasteiger partial charge >= 0.3 is 0 Å². The van der Waals surface area contributed by atoms with Crippen LogP contribution in [-0.4, -0.2) is 14.1 Å². The van der Waals surface area contributed by atoms with Crippen molar-refractivity contribution in [1.29, 1.82) is 0 Å². The van der Waals surface area contributed by atoms with Crippen molar-refractivity contribution in [2.75, 3.05) is 19.0 Å². The number of hydrogen-bond acceptors (Lipinski definition) is 1. The van der Waals surface area contributed by atoms with E-state index < -0.39 is 0 Å². The van der Waals surface area contributed by atoms with Crippen LogP contribution in [0.15, 0.2) is 54.6 Å². The molecule has 1 nitrogen and oxygen atoms in total. The molecule has 0 aromatic heterocycles. The smallest absolute Gasteiger partial charge is 0.0361 e. The van der Waals surface area contributed by atoms with E-state index in [4.69, 9.17) is 0 Å². The van der Waals surface area contributed by atoms with Gasteiger partial charge < -0.3 is 4.90 Å². The van der Waals surface area contributed by atoms with Gasteiger partial charge in [-0.1, -0.05) is 56.3 Å². The molecule has 100 valence electrons. The molecular weight excluding hydrogens is 230 g/mol. The van der Waals surface area contributed by atoms with Crippen LogP contribution in [0.5, 0.6) is 0 Å². The zero-order valence-corrected chi connectivity index (χ0v) is 12.4. The first kappa shape index (κ1) is 13.7. The minimum atomic E-state index is 0.0894. The summed E-state index contributed by atoms with van der Waals surface area (Å²) in [6.07, 6.45) is 1.10. The lowest BCUT2D eigenvalue weighted by molar-refractivity contribution is 0.550. The molecule has 0 N–H and O–H groups in total. The maximum Gasteiger partial charge on any atom is 0.0361 e. The summed E-state index contributed by atoms with van der Waals surface area (Å²) in [4.78, 5) is 2.13. The van der Waals surface area contributed by atoms with Crippen LogP contribution in [0.4, 0.5) is 5.69 Å². The molecule has 0 bridgehead atoms. The van der Waals surface area contributed by atoms with Gasteiger partial charge in [-0.25, -0.2) is 0 Å². The fourth-order valence-corrected chi connectivity index (χ4v) is 2.51. The largest absolute Gasteiger partial charge is 0.378 e. The summed E-state index contributed by atoms with van der Waals surface area (Å²) in [6.45, 7) is 4.58. The van der Waals surface area contributed by atoms with Crippen molar-refractivity contribution >= 4 is 5.69 Å². The Labute approximate surface area is 116 Å². The monoisotopic (exact) mass is 253 g/mol. The molecule has 0 saturated heterocycles. The summed E-state index contributed by atoms with van der Waals surface area (Å²) < 4.78 is 0. The van der Waals surface area contributed by atoms with Gasteiger partial charge in [-0.05, 0) is 29.7 Å². The Morgan fingerprint density at radius 1 is 0.842 bits per heavy atom. The van der Waals surface area contributed by atoms with Crippen LogP contribution in [-0.2, 0) is 5.41 Å². The van der Waals surface area contributed by atoms with Crippen LogP contribution >= 0.6 is 0 Å². The molecule has 2 aromatic rings. The Balaban J connectivity index is 2.41. The minimum absolute atomic E-state index is 0.0894. The van der Waals surface area contributed by atoms with E-state index in [0.717, 1.165) is 6.42 Å². The highest BCUT2D eigenvalue weighted by molar-refractivity contribution is 5.49. The molecule has 0 spiro atoms. The zero-order chi connectivity index (χ0) is 13.9. The third-order valence-corrected chi connectivity index (χ3v) is 4.14. The summed E-state index contributed by atoms with van der Waals surface area (Å²) in [5.74, 6) is 0. The first-order chi connectivity index (χ1) is 9.08. The lowest BCUT2D eigenvalue weighted by Crippen LogP contribution is -2.22. The quantitative estimate of drug-likeness (QED) is 0.777. The average Bonchev–Trinajstić information content (AvgIpc) is 2.47. The summed E-state index contributed by atoms with van der Waals surface area (Å²) in [6, 6.07) is 19.7. The molecule has 2 rings (SSSR count). The van der Waals surface area contributed by atoms with E-state index in [1.807, 2.05) is 0 Å². The van der Waals surface area contributed by atoms with Crippen LogP contribution in [0, 0.1) is 0 Å². The van der Waals surface area contributed by atoms with Gasteiger partial charge in [0.05, 0.1) is 0 Å². The first-order valence-electron chi connectivity index (χ1n) is 6.91. The fraction of sp³-hybridized carbons (Fsp3) is 0.333. The van der Waals surface area contributed by atoms with Gasteiger partial charge in [0.25, 0.3) is 0 Å². The normalized spacial score (nSPS) is 13.9. The molecule has 19 heavy (non-hydrogen) atoms. The van der Waals surface area contributed by atoms with Crippen molar-refractivity contribution in [3.05, 3.63) is 65.7 Å². The van der Waals surface area contributed by atoms with Gasteiger partial charge in [-0.15, -0.1) is 0 Å². The Bertz CT molecular complexity index is 513. The number of nitrogens with zero attached hydrogens (tertiary/aromatic N) is 1. The Morgan fingerprint density at radius 2 is 1.37 bits per heavy atom. The second-order valence-corrected chi connectivity index (χ2v) is 5.49. The predicted octanol–water partition coefficient (Wildman–Crippen LogP) is 4.47. The SMILES string of the molecule is CC[C@@](C)(c1ccccc1)c1ccc(N(C)C)cc1. The van der Waals surface area contributed by atoms with Crippen molar-refractivity contribution < 1.29 is 0 Å². The van der Waals surface area contributed by atoms with E-state index in [-0.39, 0.29) is 5.41 Å². The van der Waals surface area contributed by atoms with E-state index in [1.54, 1.807) is 0 Å². The van der Waals surface area contributed by atoms with Crippen LogP contribution in [0.2, 0.25) is 0 Å². The average molecular weight is 253 g/mol. The van der Waals surface area contributed by atoms with E-state index >= 15 is 0 Å². The molecule has 0 radical (unpaired) electrons. The highest BCUT2D eigenvalue weighted by atomic mass is 15.1. The summed E-state index contributed by atoms with van der Waals surface area (Å²) >= 11 is 0. The number of anilines is 1.